The monoisotopic (exact) mass is 419 g/mol. The summed E-state index contributed by atoms with van der Waals surface area (Å²) >= 11 is 0. The predicted octanol–water partition coefficient (Wildman–Crippen LogP) is 4.72. The summed E-state index contributed by atoms with van der Waals surface area (Å²) in [6.45, 7) is 5.64. The zero-order valence-corrected chi connectivity index (χ0v) is 18.9. The maximum atomic E-state index is 10.7. The molecule has 2 aromatic carbocycles. The van der Waals surface area contributed by atoms with Crippen molar-refractivity contribution in [2.45, 2.75) is 32.4 Å². The largest absolute Gasteiger partial charge is 0.491 e. The lowest BCUT2D eigenvalue weighted by Crippen LogP contribution is -2.35. The van der Waals surface area contributed by atoms with Gasteiger partial charge in [-0.3, -0.25) is 0 Å². The van der Waals surface area contributed by atoms with Crippen molar-refractivity contribution in [2.75, 3.05) is 37.0 Å². The third-order valence-corrected chi connectivity index (χ3v) is 5.22. The highest BCUT2D eigenvalue weighted by molar-refractivity contribution is 5.47. The molecule has 1 unspecified atom stereocenters. The van der Waals surface area contributed by atoms with E-state index in [0.717, 1.165) is 22.8 Å². The molecule has 1 heterocycles. The van der Waals surface area contributed by atoms with Gasteiger partial charge in [0.05, 0.1) is 0 Å². The fourth-order valence-corrected chi connectivity index (χ4v) is 3.35. The van der Waals surface area contributed by atoms with E-state index in [4.69, 9.17) is 4.74 Å². The average Bonchev–Trinajstić information content (AvgIpc) is 2.78. The van der Waals surface area contributed by atoms with Crippen molar-refractivity contribution < 1.29 is 9.84 Å². The van der Waals surface area contributed by atoms with E-state index in [1.165, 1.54) is 5.56 Å². The summed E-state index contributed by atoms with van der Waals surface area (Å²) in [6.07, 6.45) is 1.13. The van der Waals surface area contributed by atoms with Crippen molar-refractivity contribution in [2.24, 2.45) is 0 Å². The van der Waals surface area contributed by atoms with Crippen LogP contribution in [0.3, 0.4) is 0 Å². The van der Waals surface area contributed by atoms with Crippen LogP contribution in [-0.2, 0) is 6.54 Å². The Balaban J connectivity index is 1.64. The summed E-state index contributed by atoms with van der Waals surface area (Å²) in [5.74, 6) is 2.09. The number of hydrogen-bond donors (Lipinski definition) is 1. The lowest BCUT2D eigenvalue weighted by molar-refractivity contribution is 0.112. The van der Waals surface area contributed by atoms with Crippen LogP contribution in [0, 0.1) is 0 Å². The number of nitrogens with zero attached hydrogens (tertiary/aromatic N) is 3. The van der Waals surface area contributed by atoms with Crippen molar-refractivity contribution in [1.29, 1.82) is 0 Å². The summed E-state index contributed by atoms with van der Waals surface area (Å²) in [7, 11) is 4.06. The number of anilines is 2. The molecule has 0 saturated carbocycles. The van der Waals surface area contributed by atoms with Crippen LogP contribution in [0.25, 0.3) is 0 Å². The Morgan fingerprint density at radius 1 is 0.935 bits per heavy atom. The summed E-state index contributed by atoms with van der Waals surface area (Å²) in [5, 5.41) is 10.7. The van der Waals surface area contributed by atoms with E-state index in [9.17, 15) is 5.11 Å². The van der Waals surface area contributed by atoms with Gasteiger partial charge in [-0.2, -0.15) is 0 Å². The Labute approximate surface area is 185 Å². The molecule has 1 aromatic heterocycles. The minimum Gasteiger partial charge on any atom is -0.491 e. The van der Waals surface area contributed by atoms with Crippen molar-refractivity contribution in [1.82, 2.24) is 4.98 Å². The van der Waals surface area contributed by atoms with Crippen LogP contribution < -0.4 is 14.5 Å². The number of rotatable bonds is 10. The van der Waals surface area contributed by atoms with Gasteiger partial charge in [-0.1, -0.05) is 44.2 Å². The van der Waals surface area contributed by atoms with E-state index in [0.29, 0.717) is 19.0 Å². The first-order valence-electron chi connectivity index (χ1n) is 10.8. The van der Waals surface area contributed by atoms with Gasteiger partial charge >= 0.3 is 0 Å². The van der Waals surface area contributed by atoms with Crippen molar-refractivity contribution in [3.05, 3.63) is 84.1 Å². The van der Waals surface area contributed by atoms with Crippen LogP contribution >= 0.6 is 0 Å². The number of hydrogen-bond acceptors (Lipinski definition) is 5. The fraction of sp³-hybridized carbons (Fsp3) is 0.346. The normalized spacial score (nSPS) is 11.9. The molecular weight excluding hydrogens is 386 g/mol. The first-order chi connectivity index (χ1) is 14.9. The van der Waals surface area contributed by atoms with Crippen molar-refractivity contribution in [3.63, 3.8) is 0 Å². The van der Waals surface area contributed by atoms with Crippen molar-refractivity contribution >= 4 is 11.5 Å². The standard InChI is InChI=1S/C26H33N3O2/c1-20(2)22-10-14-25(15-11-22)31-19-24(30)18-29(26-7-5-6-16-27-26)17-21-8-12-23(13-9-21)28(3)4/h5-16,20,24,30H,17-19H2,1-4H3. The van der Waals surface area contributed by atoms with Gasteiger partial charge in [0, 0.05) is 39.1 Å². The summed E-state index contributed by atoms with van der Waals surface area (Å²) in [4.78, 5) is 8.65. The molecule has 0 amide bonds. The zero-order valence-electron chi connectivity index (χ0n) is 18.9. The van der Waals surface area contributed by atoms with Gasteiger partial charge < -0.3 is 19.6 Å². The van der Waals surface area contributed by atoms with Crippen LogP contribution in [0.1, 0.15) is 30.9 Å². The lowest BCUT2D eigenvalue weighted by Gasteiger charge is -2.27. The molecular formula is C26H33N3O2. The Morgan fingerprint density at radius 2 is 1.65 bits per heavy atom. The highest BCUT2D eigenvalue weighted by Gasteiger charge is 2.15. The van der Waals surface area contributed by atoms with E-state index in [2.05, 4.69) is 65.0 Å². The van der Waals surface area contributed by atoms with Crippen LogP contribution in [0.15, 0.2) is 72.9 Å². The third-order valence-electron chi connectivity index (χ3n) is 5.22. The molecule has 3 rings (SSSR count). The van der Waals surface area contributed by atoms with E-state index in [1.807, 2.05) is 44.4 Å². The first-order valence-corrected chi connectivity index (χ1v) is 10.8. The Morgan fingerprint density at radius 3 is 2.23 bits per heavy atom. The van der Waals surface area contributed by atoms with Gasteiger partial charge in [-0.15, -0.1) is 0 Å². The summed E-state index contributed by atoms with van der Waals surface area (Å²) in [5.41, 5.74) is 3.59. The Kier molecular flexibility index (Phi) is 7.90. The van der Waals surface area contributed by atoms with Gasteiger partial charge in [0.25, 0.3) is 0 Å². The highest BCUT2D eigenvalue weighted by Crippen LogP contribution is 2.20. The number of aromatic nitrogens is 1. The second kappa shape index (κ2) is 10.8. The highest BCUT2D eigenvalue weighted by atomic mass is 16.5. The summed E-state index contributed by atoms with van der Waals surface area (Å²) in [6, 6.07) is 22.3. The Bertz CT molecular complexity index is 910. The maximum Gasteiger partial charge on any atom is 0.128 e. The van der Waals surface area contributed by atoms with Crippen LogP contribution in [-0.4, -0.2) is 43.4 Å². The average molecular weight is 420 g/mol. The molecule has 5 heteroatoms. The molecule has 0 aliphatic carbocycles. The van der Waals surface area contributed by atoms with E-state index in [-0.39, 0.29) is 6.61 Å². The fourth-order valence-electron chi connectivity index (χ4n) is 3.35. The molecule has 1 atom stereocenters. The van der Waals surface area contributed by atoms with Gasteiger partial charge in [-0.25, -0.2) is 4.98 Å². The molecule has 0 aliphatic heterocycles. The van der Waals surface area contributed by atoms with Gasteiger partial charge in [-0.05, 0) is 53.4 Å². The van der Waals surface area contributed by atoms with E-state index >= 15 is 0 Å². The van der Waals surface area contributed by atoms with Crippen LogP contribution in [0.4, 0.5) is 11.5 Å². The van der Waals surface area contributed by atoms with E-state index < -0.39 is 6.10 Å². The smallest absolute Gasteiger partial charge is 0.128 e. The topological polar surface area (TPSA) is 48.8 Å². The second-order valence-electron chi connectivity index (χ2n) is 8.32. The number of aliphatic hydroxyl groups excluding tert-OH is 1. The molecule has 0 saturated heterocycles. The third kappa shape index (κ3) is 6.72. The maximum absolute atomic E-state index is 10.7. The first kappa shape index (κ1) is 22.6. The minimum absolute atomic E-state index is 0.226. The lowest BCUT2D eigenvalue weighted by atomic mass is 10.0. The molecule has 0 spiro atoms. The van der Waals surface area contributed by atoms with E-state index in [1.54, 1.807) is 6.20 Å². The number of aliphatic hydroxyl groups is 1. The van der Waals surface area contributed by atoms with Crippen LogP contribution in [0.5, 0.6) is 5.75 Å². The Hall–Kier alpha value is -3.05. The number of benzene rings is 2. The molecule has 1 N–H and O–H groups in total. The second-order valence-corrected chi connectivity index (χ2v) is 8.32. The predicted molar refractivity (Wildman–Crippen MR) is 128 cm³/mol. The molecule has 164 valence electrons. The zero-order chi connectivity index (χ0) is 22.2. The molecule has 0 bridgehead atoms. The molecule has 0 radical (unpaired) electrons. The molecule has 31 heavy (non-hydrogen) atoms. The van der Waals surface area contributed by atoms with Gasteiger partial charge in [0.15, 0.2) is 0 Å². The van der Waals surface area contributed by atoms with Crippen LogP contribution in [0.2, 0.25) is 0 Å². The van der Waals surface area contributed by atoms with Gasteiger partial charge in [0.1, 0.15) is 24.3 Å². The molecule has 5 nitrogen and oxygen atoms in total. The van der Waals surface area contributed by atoms with Gasteiger partial charge in [0.2, 0.25) is 0 Å². The molecule has 0 aliphatic rings. The number of ether oxygens (including phenoxy) is 1. The quantitative estimate of drug-likeness (QED) is 0.515. The molecule has 3 aromatic rings. The number of pyridine rings is 1. The minimum atomic E-state index is -0.646. The molecule has 0 fully saturated rings. The van der Waals surface area contributed by atoms with Crippen molar-refractivity contribution in [3.8, 4) is 5.75 Å². The SMILES string of the molecule is CC(C)c1ccc(OCC(O)CN(Cc2ccc(N(C)C)cc2)c2ccccn2)cc1. The summed E-state index contributed by atoms with van der Waals surface area (Å²) < 4.78 is 5.83.